The van der Waals surface area contributed by atoms with Crippen molar-refractivity contribution in [1.82, 2.24) is 9.97 Å². The molecule has 0 amide bonds. The van der Waals surface area contributed by atoms with Gasteiger partial charge in [-0.25, -0.2) is 4.98 Å². The number of hydrogen-bond acceptors (Lipinski definition) is 6. The minimum absolute atomic E-state index is 0.0000231. The zero-order valence-electron chi connectivity index (χ0n) is 11.5. The fraction of sp³-hybridized carbons (Fsp3) is 0.231. The summed E-state index contributed by atoms with van der Waals surface area (Å²) >= 11 is 0. The summed E-state index contributed by atoms with van der Waals surface area (Å²) in [6, 6.07) is 5.77. The average Bonchev–Trinajstić information content (AvgIpc) is 2.25. The minimum atomic E-state index is -0.514. The van der Waals surface area contributed by atoms with Crippen LogP contribution in [-0.4, -0.2) is 14.9 Å². The van der Waals surface area contributed by atoms with E-state index in [9.17, 15) is 10.1 Å². The molecule has 0 atom stereocenters. The zero-order chi connectivity index (χ0) is 14.9. The Morgan fingerprint density at radius 1 is 1.15 bits per heavy atom. The third-order valence-electron chi connectivity index (χ3n) is 2.74. The second-order valence-electron chi connectivity index (χ2n) is 4.62. The Balaban J connectivity index is 2.49. The number of rotatable bonds is 3. The van der Waals surface area contributed by atoms with Gasteiger partial charge in [0.15, 0.2) is 0 Å². The van der Waals surface area contributed by atoms with E-state index in [1.165, 1.54) is 6.92 Å². The van der Waals surface area contributed by atoms with Crippen LogP contribution >= 0.6 is 0 Å². The van der Waals surface area contributed by atoms with E-state index in [0.29, 0.717) is 0 Å². The van der Waals surface area contributed by atoms with Crippen LogP contribution in [0.25, 0.3) is 0 Å². The molecule has 7 heteroatoms. The molecule has 7 nitrogen and oxygen atoms in total. The van der Waals surface area contributed by atoms with Crippen LogP contribution in [0.3, 0.4) is 0 Å². The Morgan fingerprint density at radius 2 is 1.75 bits per heavy atom. The predicted octanol–water partition coefficient (Wildman–Crippen LogP) is 2.64. The lowest BCUT2D eigenvalue weighted by molar-refractivity contribution is -0.385. The molecule has 0 unspecified atom stereocenters. The van der Waals surface area contributed by atoms with Gasteiger partial charge in [-0.1, -0.05) is 6.07 Å². The maximum atomic E-state index is 11.1. The first-order chi connectivity index (χ1) is 9.36. The van der Waals surface area contributed by atoms with E-state index in [0.717, 1.165) is 16.8 Å². The molecule has 2 rings (SSSR count). The normalized spacial score (nSPS) is 10.3. The molecular weight excluding hydrogens is 258 g/mol. The highest BCUT2D eigenvalue weighted by Crippen LogP contribution is 2.29. The summed E-state index contributed by atoms with van der Waals surface area (Å²) in [5, 5.41) is 14.1. The van der Waals surface area contributed by atoms with Gasteiger partial charge in [0.25, 0.3) is 0 Å². The standard InChI is InChI=1S/C13H15N5O2/c1-7-4-8(2)6-10(5-7)16-12-11(18(19)20)9(3)15-13(14)17-12/h4-6H,1-3H3,(H3,14,15,16,17). The maximum absolute atomic E-state index is 11.1. The molecule has 20 heavy (non-hydrogen) atoms. The highest BCUT2D eigenvalue weighted by molar-refractivity contribution is 5.68. The van der Waals surface area contributed by atoms with Gasteiger partial charge in [-0.15, -0.1) is 0 Å². The van der Waals surface area contributed by atoms with Crippen LogP contribution in [0.4, 0.5) is 23.1 Å². The van der Waals surface area contributed by atoms with E-state index in [2.05, 4.69) is 15.3 Å². The van der Waals surface area contributed by atoms with E-state index in [1.54, 1.807) is 0 Å². The van der Waals surface area contributed by atoms with Crippen LogP contribution in [0.5, 0.6) is 0 Å². The predicted molar refractivity (Wildman–Crippen MR) is 77.0 cm³/mol. The molecule has 1 aromatic heterocycles. The summed E-state index contributed by atoms with van der Waals surface area (Å²) in [6.07, 6.45) is 0. The summed E-state index contributed by atoms with van der Waals surface area (Å²) < 4.78 is 0. The van der Waals surface area contributed by atoms with E-state index in [4.69, 9.17) is 5.73 Å². The first-order valence-electron chi connectivity index (χ1n) is 6.00. The smallest absolute Gasteiger partial charge is 0.332 e. The summed E-state index contributed by atoms with van der Waals surface area (Å²) in [6.45, 7) is 5.43. The summed E-state index contributed by atoms with van der Waals surface area (Å²) in [4.78, 5) is 18.3. The van der Waals surface area contributed by atoms with Crippen molar-refractivity contribution in [3.8, 4) is 0 Å². The van der Waals surface area contributed by atoms with Crippen LogP contribution in [0.1, 0.15) is 16.8 Å². The van der Waals surface area contributed by atoms with Crippen LogP contribution in [-0.2, 0) is 0 Å². The summed E-state index contributed by atoms with van der Waals surface area (Å²) in [7, 11) is 0. The fourth-order valence-electron chi connectivity index (χ4n) is 2.08. The largest absolute Gasteiger partial charge is 0.368 e. The Morgan fingerprint density at radius 3 is 2.30 bits per heavy atom. The van der Waals surface area contributed by atoms with Crippen LogP contribution < -0.4 is 11.1 Å². The third kappa shape index (κ3) is 2.82. The number of anilines is 3. The van der Waals surface area contributed by atoms with Crippen molar-refractivity contribution in [2.24, 2.45) is 0 Å². The van der Waals surface area contributed by atoms with Gasteiger partial charge < -0.3 is 11.1 Å². The lowest BCUT2D eigenvalue weighted by atomic mass is 10.1. The van der Waals surface area contributed by atoms with Crippen LogP contribution in [0.15, 0.2) is 18.2 Å². The van der Waals surface area contributed by atoms with Crippen molar-refractivity contribution in [2.75, 3.05) is 11.1 Å². The molecule has 0 spiro atoms. The summed E-state index contributed by atoms with van der Waals surface area (Å²) in [5.74, 6) is 0.102. The quantitative estimate of drug-likeness (QED) is 0.657. The second-order valence-corrected chi connectivity index (χ2v) is 4.62. The van der Waals surface area contributed by atoms with Gasteiger partial charge in [0.1, 0.15) is 5.69 Å². The number of benzene rings is 1. The molecule has 2 aromatic rings. The Labute approximate surface area is 116 Å². The van der Waals surface area contributed by atoms with Gasteiger partial charge in [-0.2, -0.15) is 4.98 Å². The fourth-order valence-corrected chi connectivity index (χ4v) is 2.08. The lowest BCUT2D eigenvalue weighted by Gasteiger charge is -2.09. The summed E-state index contributed by atoms with van der Waals surface area (Å²) in [5.41, 5.74) is 8.44. The first kappa shape index (κ1) is 13.7. The van der Waals surface area contributed by atoms with Crippen molar-refractivity contribution in [1.29, 1.82) is 0 Å². The Kier molecular flexibility index (Phi) is 3.51. The lowest BCUT2D eigenvalue weighted by Crippen LogP contribution is -2.07. The second kappa shape index (κ2) is 5.12. The third-order valence-corrected chi connectivity index (χ3v) is 2.74. The zero-order valence-corrected chi connectivity index (χ0v) is 11.5. The van der Waals surface area contributed by atoms with Crippen molar-refractivity contribution in [3.63, 3.8) is 0 Å². The van der Waals surface area contributed by atoms with Crippen LogP contribution in [0.2, 0.25) is 0 Å². The van der Waals surface area contributed by atoms with Crippen molar-refractivity contribution < 1.29 is 4.92 Å². The first-order valence-corrected chi connectivity index (χ1v) is 6.00. The molecule has 1 aromatic carbocycles. The molecule has 104 valence electrons. The molecule has 0 aliphatic carbocycles. The van der Waals surface area contributed by atoms with E-state index in [1.807, 2.05) is 32.0 Å². The Bertz CT molecular complexity index is 664. The molecule has 0 fully saturated rings. The highest BCUT2D eigenvalue weighted by atomic mass is 16.6. The highest BCUT2D eigenvalue weighted by Gasteiger charge is 2.21. The van der Waals surface area contributed by atoms with Crippen molar-refractivity contribution in [3.05, 3.63) is 45.1 Å². The number of nitrogens with one attached hydrogen (secondary N) is 1. The average molecular weight is 273 g/mol. The molecule has 0 aliphatic heterocycles. The number of aryl methyl sites for hydroxylation is 3. The number of nitro groups is 1. The number of hydrogen-bond donors (Lipinski definition) is 2. The number of nitrogen functional groups attached to an aromatic ring is 1. The molecular formula is C13H15N5O2. The number of nitrogens with two attached hydrogens (primary N) is 1. The maximum Gasteiger partial charge on any atom is 0.332 e. The van der Waals surface area contributed by atoms with Gasteiger partial charge in [-0.3, -0.25) is 10.1 Å². The molecule has 0 saturated heterocycles. The van der Waals surface area contributed by atoms with E-state index < -0.39 is 4.92 Å². The van der Waals surface area contributed by atoms with E-state index >= 15 is 0 Å². The topological polar surface area (TPSA) is 107 Å². The minimum Gasteiger partial charge on any atom is -0.368 e. The number of aromatic nitrogens is 2. The molecule has 0 bridgehead atoms. The van der Waals surface area contributed by atoms with E-state index in [-0.39, 0.29) is 23.1 Å². The molecule has 0 radical (unpaired) electrons. The SMILES string of the molecule is Cc1cc(C)cc(Nc2nc(N)nc(C)c2[N+](=O)[O-])c1. The van der Waals surface area contributed by atoms with Gasteiger partial charge in [-0.05, 0) is 44.0 Å². The molecule has 0 saturated carbocycles. The van der Waals surface area contributed by atoms with Crippen molar-refractivity contribution in [2.45, 2.75) is 20.8 Å². The Hall–Kier alpha value is -2.70. The van der Waals surface area contributed by atoms with Gasteiger partial charge in [0.05, 0.1) is 4.92 Å². The molecule has 0 aliphatic rings. The van der Waals surface area contributed by atoms with Gasteiger partial charge >= 0.3 is 5.69 Å². The van der Waals surface area contributed by atoms with Gasteiger partial charge in [0, 0.05) is 5.69 Å². The monoisotopic (exact) mass is 273 g/mol. The molecule has 3 N–H and O–H groups in total. The van der Waals surface area contributed by atoms with Crippen LogP contribution in [0, 0.1) is 30.9 Å². The van der Waals surface area contributed by atoms with Gasteiger partial charge in [0.2, 0.25) is 11.8 Å². The number of nitrogens with zero attached hydrogens (tertiary/aromatic N) is 3. The van der Waals surface area contributed by atoms with Crippen molar-refractivity contribution >= 4 is 23.1 Å². The molecule has 1 heterocycles.